The van der Waals surface area contributed by atoms with Crippen LogP contribution >= 0.6 is 11.6 Å². The van der Waals surface area contributed by atoms with Gasteiger partial charge in [0.05, 0.1) is 25.5 Å². The van der Waals surface area contributed by atoms with Crippen LogP contribution in [0.15, 0.2) is 30.3 Å². The number of morpholine rings is 1. The number of halogens is 1. The van der Waals surface area contributed by atoms with Crippen LogP contribution in [0.4, 0.5) is 0 Å². The molecule has 0 radical (unpaired) electrons. The second-order valence-electron chi connectivity index (χ2n) is 8.27. The Bertz CT molecular complexity index is 864. The molecule has 2 saturated heterocycles. The minimum Gasteiger partial charge on any atom is -0.493 e. The molecule has 31 heavy (non-hydrogen) atoms. The van der Waals surface area contributed by atoms with Crippen molar-refractivity contribution in [2.75, 3.05) is 45.9 Å². The fourth-order valence-electron chi connectivity index (χ4n) is 4.19. The lowest BCUT2D eigenvalue weighted by Crippen LogP contribution is -2.46. The van der Waals surface area contributed by atoms with Crippen molar-refractivity contribution >= 4 is 17.5 Å². The van der Waals surface area contributed by atoms with Gasteiger partial charge in [-0.15, -0.1) is 0 Å². The number of aryl methyl sites for hydroxylation is 1. The fourth-order valence-corrected chi connectivity index (χ4v) is 4.31. The Balaban J connectivity index is 1.29. The van der Waals surface area contributed by atoms with Gasteiger partial charge in [-0.3, -0.25) is 14.4 Å². The van der Waals surface area contributed by atoms with Crippen molar-refractivity contribution < 1.29 is 14.3 Å². The van der Waals surface area contributed by atoms with Gasteiger partial charge < -0.3 is 14.4 Å². The van der Waals surface area contributed by atoms with Crippen LogP contribution in [0.1, 0.15) is 36.8 Å². The van der Waals surface area contributed by atoms with Gasteiger partial charge in [0.2, 0.25) is 5.91 Å². The standard InChI is InChI=1S/C23H31ClN4O3/c1-26-19(9-13-30-20-7-5-18(24)6-8-20)15-21(25-26)22-16-27(12-14-31-22)17-23(29)28-10-3-2-4-11-28/h5-8,15,22H,2-4,9-14,16-17H2,1H3/t22-/m1/s1. The number of rotatable bonds is 7. The van der Waals surface area contributed by atoms with E-state index in [1.807, 2.05) is 40.9 Å². The molecule has 0 spiro atoms. The van der Waals surface area contributed by atoms with E-state index in [-0.39, 0.29) is 12.0 Å². The van der Waals surface area contributed by atoms with Crippen molar-refractivity contribution in [2.24, 2.45) is 7.05 Å². The molecule has 0 aliphatic carbocycles. The van der Waals surface area contributed by atoms with Crippen LogP contribution in [0, 0.1) is 0 Å². The lowest BCUT2D eigenvalue weighted by molar-refractivity contribution is -0.135. The summed E-state index contributed by atoms with van der Waals surface area (Å²) in [7, 11) is 1.95. The molecule has 1 aromatic carbocycles. The van der Waals surface area contributed by atoms with Gasteiger partial charge in [-0.25, -0.2) is 0 Å². The minimum absolute atomic E-state index is 0.111. The third-order valence-electron chi connectivity index (χ3n) is 5.98. The number of ether oxygens (including phenoxy) is 2. The van der Waals surface area contributed by atoms with Crippen LogP contribution in [-0.2, 0) is 23.0 Å². The summed E-state index contributed by atoms with van der Waals surface area (Å²) in [6.45, 7) is 4.91. The van der Waals surface area contributed by atoms with Crippen molar-refractivity contribution in [3.8, 4) is 5.75 Å². The number of piperidine rings is 1. The molecular formula is C23H31ClN4O3. The Morgan fingerprint density at radius 1 is 1.19 bits per heavy atom. The van der Waals surface area contributed by atoms with Gasteiger partial charge in [0, 0.05) is 50.4 Å². The molecule has 2 fully saturated rings. The summed E-state index contributed by atoms with van der Waals surface area (Å²) in [6, 6.07) is 9.47. The average Bonchev–Trinajstić information content (AvgIpc) is 3.16. The molecule has 3 heterocycles. The maximum absolute atomic E-state index is 12.6. The summed E-state index contributed by atoms with van der Waals surface area (Å²) in [6.07, 6.45) is 4.11. The summed E-state index contributed by atoms with van der Waals surface area (Å²) >= 11 is 5.91. The van der Waals surface area contributed by atoms with Gasteiger partial charge in [-0.1, -0.05) is 11.6 Å². The van der Waals surface area contributed by atoms with Gasteiger partial charge in [0.1, 0.15) is 11.9 Å². The molecule has 1 atom stereocenters. The Morgan fingerprint density at radius 3 is 2.74 bits per heavy atom. The Hall–Kier alpha value is -2.09. The van der Waals surface area contributed by atoms with Crippen LogP contribution in [0.3, 0.4) is 0 Å². The van der Waals surface area contributed by atoms with E-state index < -0.39 is 0 Å². The summed E-state index contributed by atoms with van der Waals surface area (Å²) in [5.74, 6) is 1.04. The molecule has 8 heteroatoms. The molecule has 168 valence electrons. The van der Waals surface area contributed by atoms with Crippen molar-refractivity contribution in [1.82, 2.24) is 19.6 Å². The third kappa shape index (κ3) is 5.99. The summed E-state index contributed by atoms with van der Waals surface area (Å²) < 4.78 is 13.7. The number of hydrogen-bond donors (Lipinski definition) is 0. The maximum Gasteiger partial charge on any atom is 0.236 e. The first-order valence-electron chi connectivity index (χ1n) is 11.1. The molecule has 1 aromatic heterocycles. The highest BCUT2D eigenvalue weighted by Gasteiger charge is 2.27. The number of likely N-dealkylation sites (tertiary alicyclic amines) is 1. The van der Waals surface area contributed by atoms with E-state index in [1.165, 1.54) is 6.42 Å². The van der Waals surface area contributed by atoms with Crippen LogP contribution in [-0.4, -0.2) is 71.4 Å². The van der Waals surface area contributed by atoms with Gasteiger partial charge >= 0.3 is 0 Å². The monoisotopic (exact) mass is 446 g/mol. The second kappa shape index (κ2) is 10.5. The van der Waals surface area contributed by atoms with Crippen LogP contribution in [0.2, 0.25) is 5.02 Å². The highest BCUT2D eigenvalue weighted by Crippen LogP contribution is 2.23. The molecule has 2 aliphatic heterocycles. The smallest absolute Gasteiger partial charge is 0.236 e. The van der Waals surface area contributed by atoms with Crippen LogP contribution in [0.25, 0.3) is 0 Å². The van der Waals surface area contributed by atoms with E-state index in [9.17, 15) is 4.79 Å². The number of aromatic nitrogens is 2. The van der Waals surface area contributed by atoms with E-state index in [0.717, 1.165) is 56.0 Å². The summed E-state index contributed by atoms with van der Waals surface area (Å²) in [5.41, 5.74) is 2.01. The van der Waals surface area contributed by atoms with E-state index in [4.69, 9.17) is 21.1 Å². The topological polar surface area (TPSA) is 59.8 Å². The van der Waals surface area contributed by atoms with Gasteiger partial charge in [0.25, 0.3) is 0 Å². The minimum atomic E-state index is -0.111. The zero-order valence-electron chi connectivity index (χ0n) is 18.1. The molecule has 0 unspecified atom stereocenters. The molecule has 1 amide bonds. The normalized spacial score (nSPS) is 20.1. The van der Waals surface area contributed by atoms with E-state index in [1.54, 1.807) is 0 Å². The Morgan fingerprint density at radius 2 is 1.97 bits per heavy atom. The zero-order chi connectivity index (χ0) is 21.6. The first kappa shape index (κ1) is 22.1. The molecular weight excluding hydrogens is 416 g/mol. The highest BCUT2D eigenvalue weighted by atomic mass is 35.5. The van der Waals surface area contributed by atoms with Gasteiger partial charge in [-0.05, 0) is 49.6 Å². The number of amides is 1. The number of nitrogens with zero attached hydrogens (tertiary/aromatic N) is 4. The summed E-state index contributed by atoms with van der Waals surface area (Å²) in [4.78, 5) is 16.8. The third-order valence-corrected chi connectivity index (χ3v) is 6.24. The first-order chi connectivity index (χ1) is 15.1. The van der Waals surface area contributed by atoms with Crippen LogP contribution in [0.5, 0.6) is 5.75 Å². The van der Waals surface area contributed by atoms with Gasteiger partial charge in [0.15, 0.2) is 0 Å². The molecule has 4 rings (SSSR count). The Kier molecular flexibility index (Phi) is 7.48. The average molecular weight is 447 g/mol. The maximum atomic E-state index is 12.6. The van der Waals surface area contributed by atoms with Crippen molar-refractivity contribution in [3.63, 3.8) is 0 Å². The lowest BCUT2D eigenvalue weighted by Gasteiger charge is -2.34. The van der Waals surface area contributed by atoms with Crippen molar-refractivity contribution in [3.05, 3.63) is 46.7 Å². The quantitative estimate of drug-likeness (QED) is 0.654. The zero-order valence-corrected chi connectivity index (χ0v) is 18.9. The Labute approximate surface area is 188 Å². The van der Waals surface area contributed by atoms with E-state index in [0.29, 0.717) is 31.3 Å². The molecule has 7 nitrogen and oxygen atoms in total. The lowest BCUT2D eigenvalue weighted by atomic mass is 10.1. The number of carbonyl (C=O) groups excluding carboxylic acids is 1. The van der Waals surface area contributed by atoms with Gasteiger partial charge in [-0.2, -0.15) is 5.10 Å². The largest absolute Gasteiger partial charge is 0.493 e. The SMILES string of the molecule is Cn1nc([C@H]2CN(CC(=O)N3CCCCC3)CCO2)cc1CCOc1ccc(Cl)cc1. The predicted octanol–water partition coefficient (Wildman–Crippen LogP) is 3.08. The second-order valence-corrected chi connectivity index (χ2v) is 8.71. The first-order valence-corrected chi connectivity index (χ1v) is 11.5. The van der Waals surface area contributed by atoms with E-state index in [2.05, 4.69) is 16.1 Å². The fraction of sp³-hybridized carbons (Fsp3) is 0.565. The number of carbonyl (C=O) groups is 1. The number of hydrogen-bond acceptors (Lipinski definition) is 5. The van der Waals surface area contributed by atoms with E-state index >= 15 is 0 Å². The van der Waals surface area contributed by atoms with Crippen LogP contribution < -0.4 is 4.74 Å². The van der Waals surface area contributed by atoms with Crippen molar-refractivity contribution in [2.45, 2.75) is 31.8 Å². The van der Waals surface area contributed by atoms with Crippen molar-refractivity contribution in [1.29, 1.82) is 0 Å². The molecule has 0 bridgehead atoms. The number of benzene rings is 1. The molecule has 2 aromatic rings. The summed E-state index contributed by atoms with van der Waals surface area (Å²) in [5, 5.41) is 5.37. The predicted molar refractivity (Wildman–Crippen MR) is 119 cm³/mol. The molecule has 0 N–H and O–H groups in total. The molecule has 2 aliphatic rings. The molecule has 0 saturated carbocycles. The highest BCUT2D eigenvalue weighted by molar-refractivity contribution is 6.30.